The maximum absolute atomic E-state index is 15.4. The van der Waals surface area contributed by atoms with Crippen molar-refractivity contribution < 1.29 is 13.2 Å². The van der Waals surface area contributed by atoms with E-state index in [4.69, 9.17) is 0 Å². The number of benzene rings is 8. The van der Waals surface area contributed by atoms with Crippen LogP contribution in [-0.2, 0) is 6.18 Å². The fraction of sp³-hybridized carbons (Fsp3) is 0.0377. The summed E-state index contributed by atoms with van der Waals surface area (Å²) < 4.78 is 50.2. The second kappa shape index (κ2) is 14.2. The van der Waals surface area contributed by atoms with Gasteiger partial charge in [0.1, 0.15) is 0 Å². The second-order valence-corrected chi connectivity index (χ2v) is 15.1. The molecule has 5 nitrogen and oxygen atoms in total. The topological polar surface area (TPSA) is 81.2 Å². The lowest BCUT2D eigenvalue weighted by Gasteiger charge is -2.24. The number of halogens is 3. The molecule has 10 rings (SSSR count). The summed E-state index contributed by atoms with van der Waals surface area (Å²) in [5.74, 6) is 0. The summed E-state index contributed by atoms with van der Waals surface area (Å²) in [5, 5.41) is 33.5. The van der Waals surface area contributed by atoms with E-state index in [0.29, 0.717) is 33.6 Å². The minimum atomic E-state index is -4.72. The first-order chi connectivity index (χ1) is 29.7. The molecule has 61 heavy (non-hydrogen) atoms. The largest absolute Gasteiger partial charge is 0.417 e. The van der Waals surface area contributed by atoms with Crippen LogP contribution in [0.3, 0.4) is 0 Å². The predicted octanol–water partition coefficient (Wildman–Crippen LogP) is 13.8. The van der Waals surface area contributed by atoms with Crippen LogP contribution in [0.4, 0.5) is 13.2 Å². The summed E-state index contributed by atoms with van der Waals surface area (Å²) in [6.45, 7) is 1.69. The van der Waals surface area contributed by atoms with E-state index in [0.717, 1.165) is 71.9 Å². The molecule has 0 aliphatic heterocycles. The summed E-state index contributed by atoms with van der Waals surface area (Å²) in [7, 11) is 0. The Bertz CT molecular complexity index is 3390. The lowest BCUT2D eigenvalue weighted by Crippen LogP contribution is -2.12. The Morgan fingerprint density at radius 2 is 0.852 bits per heavy atom. The van der Waals surface area contributed by atoms with Gasteiger partial charge < -0.3 is 9.13 Å². The monoisotopic (exact) mass is 793 g/mol. The highest BCUT2D eigenvalue weighted by Crippen LogP contribution is 2.48. The Labute approximate surface area is 348 Å². The van der Waals surface area contributed by atoms with E-state index in [1.807, 2.05) is 130 Å². The Morgan fingerprint density at radius 1 is 0.410 bits per heavy atom. The number of alkyl halides is 3. The van der Waals surface area contributed by atoms with Gasteiger partial charge >= 0.3 is 6.18 Å². The van der Waals surface area contributed by atoms with Crippen LogP contribution in [0.2, 0.25) is 0 Å². The minimum absolute atomic E-state index is 0.0104. The molecule has 0 N–H and O–H groups in total. The Balaban J connectivity index is 1.35. The SMILES string of the molecule is Cc1cccc(C(F)(F)F)c1-c1c(-n2c3ccccc3c3cc(-c4cccc(C#N)c4)ccc32)cc(C#N)cc1-n1c2ccccc2c2cc(-c3cccc(C#N)c3)ccc21. The zero-order valence-corrected chi connectivity index (χ0v) is 32.5. The van der Waals surface area contributed by atoms with Crippen molar-refractivity contribution in [3.05, 3.63) is 192 Å². The maximum atomic E-state index is 15.4. The smallest absolute Gasteiger partial charge is 0.308 e. The molecule has 2 heterocycles. The molecule has 0 aliphatic carbocycles. The van der Waals surface area contributed by atoms with Gasteiger partial charge in [-0.2, -0.15) is 29.0 Å². The van der Waals surface area contributed by atoms with Crippen LogP contribution in [-0.4, -0.2) is 9.13 Å². The molecule has 10 aromatic rings. The van der Waals surface area contributed by atoms with Crippen molar-refractivity contribution in [1.82, 2.24) is 9.13 Å². The second-order valence-electron chi connectivity index (χ2n) is 15.1. The molecule has 0 aliphatic rings. The van der Waals surface area contributed by atoms with Gasteiger partial charge in [-0.1, -0.05) is 84.9 Å². The number of rotatable bonds is 5. The van der Waals surface area contributed by atoms with Crippen LogP contribution in [0.25, 0.3) is 88.4 Å². The standard InChI is InChI=1S/C53H30F3N5/c1-32-9-6-16-44(53(54,55)56)51(32)52-49(60-45-17-4-2-14-40(45)42-27-38(19-21-47(42)60)36-12-7-10-33(23-36)29-57)25-35(31-59)26-50(52)61-46-18-5-3-15-41(46)43-28-39(20-22-48(43)61)37-13-8-11-34(24-37)30-58/h2-28H,1H3. The van der Waals surface area contributed by atoms with Crippen molar-refractivity contribution in [1.29, 1.82) is 15.8 Å². The van der Waals surface area contributed by atoms with E-state index in [2.05, 4.69) is 18.2 Å². The van der Waals surface area contributed by atoms with Gasteiger partial charge in [-0.3, -0.25) is 0 Å². The minimum Gasteiger partial charge on any atom is -0.308 e. The van der Waals surface area contributed by atoms with E-state index in [-0.39, 0.29) is 11.1 Å². The molecule has 0 atom stereocenters. The van der Waals surface area contributed by atoms with Crippen LogP contribution in [0, 0.1) is 40.9 Å². The molecule has 0 saturated carbocycles. The quantitative estimate of drug-likeness (QED) is 0.174. The van der Waals surface area contributed by atoms with Crippen molar-refractivity contribution in [2.75, 3.05) is 0 Å². The van der Waals surface area contributed by atoms with Crippen molar-refractivity contribution in [2.45, 2.75) is 13.1 Å². The van der Waals surface area contributed by atoms with Gasteiger partial charge in [-0.05, 0) is 114 Å². The summed E-state index contributed by atoms with van der Waals surface area (Å²) in [5.41, 5.74) is 8.52. The third-order valence-electron chi connectivity index (χ3n) is 11.5. The number of nitrogens with zero attached hydrogens (tertiary/aromatic N) is 5. The normalized spacial score (nSPS) is 11.6. The highest BCUT2D eigenvalue weighted by Gasteiger charge is 2.36. The van der Waals surface area contributed by atoms with Crippen molar-refractivity contribution >= 4 is 43.6 Å². The zero-order chi connectivity index (χ0) is 42.0. The first-order valence-electron chi connectivity index (χ1n) is 19.5. The first kappa shape index (κ1) is 36.9. The summed E-state index contributed by atoms with van der Waals surface area (Å²) in [6, 6.07) is 56.5. The summed E-state index contributed by atoms with van der Waals surface area (Å²) in [6.07, 6.45) is -4.72. The highest BCUT2D eigenvalue weighted by molar-refractivity contribution is 6.13. The molecule has 0 amide bonds. The summed E-state index contributed by atoms with van der Waals surface area (Å²) >= 11 is 0. The number of aromatic nitrogens is 2. The lowest BCUT2D eigenvalue weighted by molar-refractivity contribution is -0.137. The average molecular weight is 794 g/mol. The molecule has 0 radical (unpaired) electrons. The van der Waals surface area contributed by atoms with Crippen LogP contribution in [0.15, 0.2) is 164 Å². The van der Waals surface area contributed by atoms with Crippen LogP contribution < -0.4 is 0 Å². The molecule has 0 unspecified atom stereocenters. The Kier molecular flexibility index (Phi) is 8.58. The number of hydrogen-bond acceptors (Lipinski definition) is 3. The van der Waals surface area contributed by atoms with E-state index in [1.54, 1.807) is 37.3 Å². The van der Waals surface area contributed by atoms with Gasteiger partial charge in [0.2, 0.25) is 0 Å². The van der Waals surface area contributed by atoms with Crippen LogP contribution >= 0.6 is 0 Å². The number of fused-ring (bicyclic) bond motifs is 6. The van der Waals surface area contributed by atoms with E-state index >= 15 is 13.2 Å². The van der Waals surface area contributed by atoms with E-state index in [1.165, 1.54) is 6.07 Å². The fourth-order valence-electron chi connectivity index (χ4n) is 8.88. The number of aryl methyl sites for hydroxylation is 1. The van der Waals surface area contributed by atoms with Gasteiger partial charge in [0, 0.05) is 32.7 Å². The molecular formula is C53H30F3N5. The lowest BCUT2D eigenvalue weighted by atomic mass is 9.90. The molecule has 8 aromatic carbocycles. The molecule has 2 aromatic heterocycles. The predicted molar refractivity (Wildman–Crippen MR) is 235 cm³/mol. The Morgan fingerprint density at radius 3 is 1.33 bits per heavy atom. The van der Waals surface area contributed by atoms with Crippen LogP contribution in [0.1, 0.15) is 27.8 Å². The summed E-state index contributed by atoms with van der Waals surface area (Å²) in [4.78, 5) is 0. The van der Waals surface area contributed by atoms with Crippen molar-refractivity contribution in [3.63, 3.8) is 0 Å². The molecule has 0 fully saturated rings. The van der Waals surface area contributed by atoms with E-state index < -0.39 is 11.7 Å². The van der Waals surface area contributed by atoms with Gasteiger partial charge in [0.25, 0.3) is 0 Å². The molecule has 8 heteroatoms. The van der Waals surface area contributed by atoms with Crippen molar-refractivity contribution in [2.24, 2.45) is 0 Å². The number of nitriles is 3. The molecule has 0 bridgehead atoms. The fourth-order valence-corrected chi connectivity index (χ4v) is 8.88. The van der Waals surface area contributed by atoms with Gasteiger partial charge in [0.05, 0.1) is 73.9 Å². The first-order valence-corrected chi connectivity index (χ1v) is 19.5. The third kappa shape index (κ3) is 5.99. The Hall–Kier alpha value is -8.38. The van der Waals surface area contributed by atoms with Gasteiger partial charge in [0.15, 0.2) is 0 Å². The van der Waals surface area contributed by atoms with Crippen molar-refractivity contribution in [3.8, 4) is 63.0 Å². The number of hydrogen-bond donors (Lipinski definition) is 0. The molecule has 0 saturated heterocycles. The zero-order valence-electron chi connectivity index (χ0n) is 32.5. The van der Waals surface area contributed by atoms with Gasteiger partial charge in [-0.25, -0.2) is 0 Å². The van der Waals surface area contributed by atoms with Gasteiger partial charge in [-0.15, -0.1) is 0 Å². The third-order valence-corrected chi connectivity index (χ3v) is 11.5. The molecule has 0 spiro atoms. The maximum Gasteiger partial charge on any atom is 0.417 e. The average Bonchev–Trinajstić information content (AvgIpc) is 3.80. The highest BCUT2D eigenvalue weighted by atomic mass is 19.4. The van der Waals surface area contributed by atoms with Crippen LogP contribution in [0.5, 0.6) is 0 Å². The van der Waals surface area contributed by atoms with E-state index in [9.17, 15) is 15.8 Å². The number of para-hydroxylation sites is 2. The molecule has 288 valence electrons. The molecular weight excluding hydrogens is 764 g/mol.